The molecule has 2 saturated heterocycles. The van der Waals surface area contributed by atoms with Crippen LogP contribution in [0.15, 0.2) is 78.9 Å². The third-order valence-corrected chi connectivity index (χ3v) is 9.80. The number of likely N-dealkylation sites (tertiary alicyclic amines) is 1. The lowest BCUT2D eigenvalue weighted by Crippen LogP contribution is -2.46. The number of hydrogen-bond acceptors (Lipinski definition) is 5. The summed E-state index contributed by atoms with van der Waals surface area (Å²) in [6, 6.07) is 26.0. The van der Waals surface area contributed by atoms with E-state index in [1.165, 1.54) is 19.3 Å². The summed E-state index contributed by atoms with van der Waals surface area (Å²) in [6.07, 6.45) is 3.06. The van der Waals surface area contributed by atoms with Crippen molar-refractivity contribution in [1.29, 1.82) is 0 Å². The molecule has 2 bridgehead atoms. The fourth-order valence-electron chi connectivity index (χ4n) is 8.03. The van der Waals surface area contributed by atoms with Gasteiger partial charge in [0.2, 0.25) is 0 Å². The van der Waals surface area contributed by atoms with E-state index in [0.29, 0.717) is 29.1 Å². The first-order valence-corrected chi connectivity index (χ1v) is 16.0. The number of nitrogens with one attached hydrogen (secondary N) is 2. The number of amides is 2. The number of anilines is 1. The van der Waals surface area contributed by atoms with Crippen LogP contribution in [0.25, 0.3) is 0 Å². The molecule has 0 aromatic heterocycles. The number of nitrogens with zero attached hydrogens (tertiary/aromatic N) is 1. The van der Waals surface area contributed by atoms with Gasteiger partial charge in [-0.1, -0.05) is 94.4 Å². The standard InChI is InChI=1S/C37H47N3O4/c1-25-32(21-40-24-37(4)19-31(40)18-36(2,3)23-37)43-34(44-33(25)28-12-10-27(22-41)11-13-28)29-14-16-30(17-15-29)39-35(42)38-20-26-8-6-5-7-9-26/h5-17,25,31-34,41H,18-24H2,1-4H3,(H2,38,39,42). The Morgan fingerprint density at radius 3 is 2.32 bits per heavy atom. The minimum absolute atomic E-state index is 0.0103. The van der Waals surface area contributed by atoms with Gasteiger partial charge in [0.25, 0.3) is 0 Å². The number of ether oxygens (including phenoxy) is 2. The van der Waals surface area contributed by atoms with E-state index in [9.17, 15) is 9.90 Å². The molecule has 1 aliphatic carbocycles. The third kappa shape index (κ3) is 7.02. The Bertz CT molecular complexity index is 1410. The van der Waals surface area contributed by atoms with E-state index in [1.54, 1.807) is 0 Å². The van der Waals surface area contributed by atoms with Crippen molar-refractivity contribution in [3.63, 3.8) is 0 Å². The van der Waals surface area contributed by atoms with Crippen molar-refractivity contribution in [3.8, 4) is 0 Å². The van der Waals surface area contributed by atoms with Crippen molar-refractivity contribution in [2.45, 2.75) is 84.6 Å². The molecule has 3 fully saturated rings. The van der Waals surface area contributed by atoms with Crippen LogP contribution in [0.1, 0.15) is 81.6 Å². The van der Waals surface area contributed by atoms with Crippen molar-refractivity contribution in [1.82, 2.24) is 10.2 Å². The van der Waals surface area contributed by atoms with Gasteiger partial charge in [-0.15, -0.1) is 0 Å². The highest BCUT2D eigenvalue weighted by Crippen LogP contribution is 2.53. The zero-order chi connectivity index (χ0) is 30.9. The Morgan fingerprint density at radius 1 is 0.909 bits per heavy atom. The number of hydrogen-bond donors (Lipinski definition) is 3. The number of urea groups is 1. The number of rotatable bonds is 8. The second-order valence-corrected chi connectivity index (χ2v) is 14.4. The zero-order valence-electron chi connectivity index (χ0n) is 26.5. The highest BCUT2D eigenvalue weighted by atomic mass is 16.7. The maximum Gasteiger partial charge on any atom is 0.319 e. The first-order chi connectivity index (χ1) is 21.1. The van der Waals surface area contributed by atoms with Crippen molar-refractivity contribution >= 4 is 11.7 Å². The van der Waals surface area contributed by atoms with E-state index in [-0.39, 0.29) is 30.8 Å². The number of aliphatic hydroxyl groups is 1. The summed E-state index contributed by atoms with van der Waals surface area (Å²) in [6.45, 7) is 12.0. The molecular formula is C37H47N3O4. The maximum atomic E-state index is 12.5. The van der Waals surface area contributed by atoms with Crippen LogP contribution < -0.4 is 10.6 Å². The predicted octanol–water partition coefficient (Wildman–Crippen LogP) is 7.19. The van der Waals surface area contributed by atoms with Crippen molar-refractivity contribution in [3.05, 3.63) is 101 Å². The molecule has 2 amide bonds. The molecule has 3 aliphatic rings. The molecule has 3 aromatic carbocycles. The summed E-state index contributed by atoms with van der Waals surface area (Å²) in [5, 5.41) is 15.4. The van der Waals surface area contributed by atoms with E-state index >= 15 is 0 Å². The molecule has 0 radical (unpaired) electrons. The number of carbonyl (C=O) groups is 1. The monoisotopic (exact) mass is 597 g/mol. The summed E-state index contributed by atoms with van der Waals surface area (Å²) < 4.78 is 13.5. The molecule has 234 valence electrons. The molecule has 2 aliphatic heterocycles. The lowest BCUT2D eigenvalue weighted by atomic mass is 9.65. The van der Waals surface area contributed by atoms with E-state index < -0.39 is 6.29 Å². The number of aliphatic hydroxyl groups excluding tert-OH is 1. The van der Waals surface area contributed by atoms with E-state index in [0.717, 1.165) is 35.3 Å². The fraction of sp³-hybridized carbons (Fsp3) is 0.486. The molecule has 6 unspecified atom stereocenters. The average Bonchev–Trinajstić information content (AvgIpc) is 3.25. The Balaban J connectivity index is 1.17. The molecule has 2 heterocycles. The van der Waals surface area contributed by atoms with E-state index in [4.69, 9.17) is 9.47 Å². The Kier molecular flexibility index (Phi) is 8.84. The van der Waals surface area contributed by atoms with Gasteiger partial charge in [-0.25, -0.2) is 4.79 Å². The van der Waals surface area contributed by atoms with Crippen LogP contribution in [0.3, 0.4) is 0 Å². The van der Waals surface area contributed by atoms with Crippen LogP contribution in [-0.2, 0) is 22.6 Å². The SMILES string of the molecule is CC1C(CN2CC3(C)CC2CC(C)(C)C3)OC(c2ccc(NC(=O)NCc3ccccc3)cc2)OC1c1ccc(CO)cc1. The lowest BCUT2D eigenvalue weighted by Gasteiger charge is -2.43. The van der Waals surface area contributed by atoms with Crippen molar-refractivity contribution in [2.24, 2.45) is 16.7 Å². The average molecular weight is 598 g/mol. The van der Waals surface area contributed by atoms with E-state index in [2.05, 4.69) is 55.4 Å². The second kappa shape index (κ2) is 12.6. The summed E-state index contributed by atoms with van der Waals surface area (Å²) >= 11 is 0. The summed E-state index contributed by atoms with van der Waals surface area (Å²) in [7, 11) is 0. The molecule has 7 nitrogen and oxygen atoms in total. The van der Waals surface area contributed by atoms with Gasteiger partial charge in [0.15, 0.2) is 6.29 Å². The number of benzene rings is 3. The molecule has 1 saturated carbocycles. The van der Waals surface area contributed by atoms with Crippen molar-refractivity contribution in [2.75, 3.05) is 18.4 Å². The van der Waals surface area contributed by atoms with Gasteiger partial charge in [0.05, 0.1) is 18.8 Å². The minimum Gasteiger partial charge on any atom is -0.392 e. The van der Waals surface area contributed by atoms with Gasteiger partial charge in [-0.05, 0) is 58.9 Å². The van der Waals surface area contributed by atoms with Gasteiger partial charge < -0.3 is 25.2 Å². The third-order valence-electron chi connectivity index (χ3n) is 9.80. The highest BCUT2D eigenvalue weighted by Gasteiger charge is 2.51. The normalized spacial score (nSPS) is 29.7. The second-order valence-electron chi connectivity index (χ2n) is 14.4. The minimum atomic E-state index is -0.534. The first-order valence-electron chi connectivity index (χ1n) is 16.0. The van der Waals surface area contributed by atoms with Gasteiger partial charge in [-0.3, -0.25) is 4.90 Å². The molecule has 44 heavy (non-hydrogen) atoms. The molecular weight excluding hydrogens is 550 g/mol. The summed E-state index contributed by atoms with van der Waals surface area (Å²) in [4.78, 5) is 15.2. The number of fused-ring (bicyclic) bond motifs is 2. The molecule has 3 aromatic rings. The largest absolute Gasteiger partial charge is 0.392 e. The molecule has 3 N–H and O–H groups in total. The Labute approximate surface area is 262 Å². The smallest absolute Gasteiger partial charge is 0.319 e. The van der Waals surface area contributed by atoms with Gasteiger partial charge in [-0.2, -0.15) is 0 Å². The molecule has 6 rings (SSSR count). The molecule has 0 spiro atoms. The summed E-state index contributed by atoms with van der Waals surface area (Å²) in [5.41, 5.74) is 5.37. The van der Waals surface area contributed by atoms with E-state index in [1.807, 2.05) is 66.7 Å². The predicted molar refractivity (Wildman–Crippen MR) is 173 cm³/mol. The Morgan fingerprint density at radius 2 is 1.61 bits per heavy atom. The van der Waals surface area contributed by atoms with Gasteiger partial charge in [0, 0.05) is 42.8 Å². The summed E-state index contributed by atoms with van der Waals surface area (Å²) in [5.74, 6) is 0.141. The lowest BCUT2D eigenvalue weighted by molar-refractivity contribution is -0.276. The fourth-order valence-corrected chi connectivity index (χ4v) is 8.03. The highest BCUT2D eigenvalue weighted by molar-refractivity contribution is 5.89. The zero-order valence-corrected chi connectivity index (χ0v) is 26.5. The Hall–Kier alpha value is -3.23. The van der Waals surface area contributed by atoms with Crippen LogP contribution in [0, 0.1) is 16.7 Å². The van der Waals surface area contributed by atoms with Crippen LogP contribution in [0.2, 0.25) is 0 Å². The van der Waals surface area contributed by atoms with Gasteiger partial charge >= 0.3 is 6.03 Å². The quantitative estimate of drug-likeness (QED) is 0.256. The topological polar surface area (TPSA) is 83.1 Å². The van der Waals surface area contributed by atoms with Gasteiger partial charge in [0.1, 0.15) is 0 Å². The molecule has 7 heteroatoms. The van der Waals surface area contributed by atoms with Crippen LogP contribution in [0.5, 0.6) is 0 Å². The van der Waals surface area contributed by atoms with Crippen molar-refractivity contribution < 1.29 is 19.4 Å². The number of carbonyl (C=O) groups excluding carboxylic acids is 1. The maximum absolute atomic E-state index is 12.5. The molecule has 6 atom stereocenters. The van der Waals surface area contributed by atoms with Crippen LogP contribution in [-0.4, -0.2) is 41.3 Å². The van der Waals surface area contributed by atoms with Crippen LogP contribution in [0.4, 0.5) is 10.5 Å². The van der Waals surface area contributed by atoms with Crippen LogP contribution >= 0.6 is 0 Å². The first kappa shape index (κ1) is 30.8.